The molecule has 23 heavy (non-hydrogen) atoms. The highest BCUT2D eigenvalue weighted by Gasteiger charge is 2.25. The zero-order valence-electron chi connectivity index (χ0n) is 13.1. The molecule has 2 heterocycles. The molecule has 1 fully saturated rings. The van der Waals surface area contributed by atoms with Gasteiger partial charge >= 0.3 is 0 Å². The van der Waals surface area contributed by atoms with Gasteiger partial charge in [0, 0.05) is 18.0 Å². The lowest BCUT2D eigenvalue weighted by atomic mass is 9.89. The molecule has 1 atom stereocenters. The van der Waals surface area contributed by atoms with Gasteiger partial charge in [0.2, 0.25) is 11.8 Å². The fraction of sp³-hybridized carbons (Fsp3) is 0.562. The second-order valence-electron chi connectivity index (χ2n) is 6.28. The lowest BCUT2D eigenvalue weighted by Gasteiger charge is -2.25. The minimum Gasteiger partial charge on any atom is -0.354 e. The number of amides is 2. The molecule has 1 aromatic rings. The lowest BCUT2D eigenvalue weighted by molar-refractivity contribution is -0.125. The first kappa shape index (κ1) is 16.0. The summed E-state index contributed by atoms with van der Waals surface area (Å²) in [5.74, 6) is 0.410. The van der Waals surface area contributed by atoms with Crippen LogP contribution in [0.3, 0.4) is 0 Å². The molecule has 3 rings (SSSR count). The van der Waals surface area contributed by atoms with E-state index in [9.17, 15) is 14.9 Å². The van der Waals surface area contributed by atoms with Crippen molar-refractivity contribution in [1.29, 1.82) is 5.26 Å². The van der Waals surface area contributed by atoms with Gasteiger partial charge in [-0.05, 0) is 30.7 Å². The smallest absolute Gasteiger partial charge is 0.239 e. The first-order valence-corrected chi connectivity index (χ1v) is 8.72. The van der Waals surface area contributed by atoms with Crippen molar-refractivity contribution in [1.82, 2.24) is 10.2 Å². The minimum absolute atomic E-state index is 0.0534. The van der Waals surface area contributed by atoms with Crippen molar-refractivity contribution in [3.8, 4) is 6.07 Å². The Labute approximate surface area is 139 Å². The van der Waals surface area contributed by atoms with Gasteiger partial charge in [-0.3, -0.25) is 14.5 Å². The van der Waals surface area contributed by atoms with Gasteiger partial charge in [-0.2, -0.15) is 5.26 Å². The third kappa shape index (κ3) is 3.54. The molecule has 0 radical (unpaired) electrons. The van der Waals surface area contributed by atoms with Crippen molar-refractivity contribution >= 4 is 28.2 Å². The Balaban J connectivity index is 1.69. The van der Waals surface area contributed by atoms with Crippen LogP contribution in [0.4, 0.5) is 5.00 Å². The Morgan fingerprint density at radius 1 is 1.57 bits per heavy atom. The van der Waals surface area contributed by atoms with Crippen LogP contribution >= 0.6 is 11.3 Å². The van der Waals surface area contributed by atoms with E-state index in [-0.39, 0.29) is 24.9 Å². The molecule has 0 spiro atoms. The molecule has 2 aliphatic rings. The molecule has 2 N–H and O–H groups in total. The Bertz CT molecular complexity index is 676. The van der Waals surface area contributed by atoms with Gasteiger partial charge in [0.1, 0.15) is 11.1 Å². The quantitative estimate of drug-likeness (QED) is 0.868. The highest BCUT2D eigenvalue weighted by atomic mass is 32.1. The van der Waals surface area contributed by atoms with E-state index in [1.54, 1.807) is 0 Å². The molecule has 7 heteroatoms. The maximum Gasteiger partial charge on any atom is 0.239 e. The molecule has 0 saturated carbocycles. The highest BCUT2D eigenvalue weighted by Crippen LogP contribution is 2.39. The molecule has 1 aliphatic heterocycles. The second-order valence-corrected chi connectivity index (χ2v) is 7.38. The van der Waals surface area contributed by atoms with Crippen LogP contribution in [0.1, 0.15) is 29.3 Å². The summed E-state index contributed by atoms with van der Waals surface area (Å²) in [5, 5.41) is 15.7. The summed E-state index contributed by atoms with van der Waals surface area (Å²) in [4.78, 5) is 26.6. The first-order chi connectivity index (χ1) is 11.1. The Morgan fingerprint density at radius 3 is 3.13 bits per heavy atom. The number of rotatable bonds is 3. The third-order valence-corrected chi connectivity index (χ3v) is 5.53. The van der Waals surface area contributed by atoms with Crippen molar-refractivity contribution in [2.45, 2.75) is 26.2 Å². The highest BCUT2D eigenvalue weighted by molar-refractivity contribution is 7.16. The van der Waals surface area contributed by atoms with Gasteiger partial charge in [0.25, 0.3) is 0 Å². The first-order valence-electron chi connectivity index (χ1n) is 7.90. The summed E-state index contributed by atoms with van der Waals surface area (Å²) in [7, 11) is 0. The summed E-state index contributed by atoms with van der Waals surface area (Å²) < 4.78 is 0. The van der Waals surface area contributed by atoms with Crippen LogP contribution in [0, 0.1) is 17.2 Å². The number of piperazine rings is 1. The molecule has 1 saturated heterocycles. The molecular formula is C16H20N4O2S. The van der Waals surface area contributed by atoms with Crippen molar-refractivity contribution in [3.05, 3.63) is 16.0 Å². The van der Waals surface area contributed by atoms with Crippen molar-refractivity contribution in [3.63, 3.8) is 0 Å². The number of anilines is 1. The van der Waals surface area contributed by atoms with Gasteiger partial charge in [-0.15, -0.1) is 11.3 Å². The summed E-state index contributed by atoms with van der Waals surface area (Å²) in [6.07, 6.45) is 2.99. The summed E-state index contributed by atoms with van der Waals surface area (Å²) in [6.45, 7) is 3.88. The molecule has 1 aliphatic carbocycles. The number of carbonyl (C=O) groups is 2. The van der Waals surface area contributed by atoms with Crippen LogP contribution in [0.2, 0.25) is 0 Å². The third-order valence-electron chi connectivity index (χ3n) is 4.36. The second kappa shape index (κ2) is 6.69. The van der Waals surface area contributed by atoms with E-state index in [1.807, 2.05) is 4.90 Å². The topological polar surface area (TPSA) is 85.2 Å². The van der Waals surface area contributed by atoms with E-state index >= 15 is 0 Å². The number of hydrogen-bond acceptors (Lipinski definition) is 5. The van der Waals surface area contributed by atoms with Crippen LogP contribution < -0.4 is 10.6 Å². The Kier molecular flexibility index (Phi) is 4.64. The maximum absolute atomic E-state index is 12.2. The Hall–Kier alpha value is -1.91. The van der Waals surface area contributed by atoms with Crippen LogP contribution in [0.25, 0.3) is 0 Å². The number of hydrogen-bond donors (Lipinski definition) is 2. The lowest BCUT2D eigenvalue weighted by Crippen LogP contribution is -2.49. The number of nitrogens with zero attached hydrogens (tertiary/aromatic N) is 2. The van der Waals surface area contributed by atoms with Gasteiger partial charge in [0.05, 0.1) is 18.7 Å². The normalized spacial score (nSPS) is 21.2. The van der Waals surface area contributed by atoms with Crippen molar-refractivity contribution in [2.75, 3.05) is 31.5 Å². The average Bonchev–Trinajstić information content (AvgIpc) is 2.82. The molecule has 122 valence electrons. The van der Waals surface area contributed by atoms with E-state index in [2.05, 4.69) is 23.6 Å². The number of thiophene rings is 1. The Morgan fingerprint density at radius 2 is 2.39 bits per heavy atom. The molecule has 0 unspecified atom stereocenters. The van der Waals surface area contributed by atoms with Gasteiger partial charge in [0.15, 0.2) is 0 Å². The minimum atomic E-state index is -0.164. The van der Waals surface area contributed by atoms with E-state index in [4.69, 9.17) is 0 Å². The van der Waals surface area contributed by atoms with Gasteiger partial charge in [-0.25, -0.2) is 0 Å². The predicted octanol–water partition coefficient (Wildman–Crippen LogP) is 1.11. The van der Waals surface area contributed by atoms with E-state index < -0.39 is 0 Å². The molecule has 0 bridgehead atoms. The van der Waals surface area contributed by atoms with Crippen LogP contribution in [0.5, 0.6) is 0 Å². The van der Waals surface area contributed by atoms with E-state index in [0.29, 0.717) is 29.6 Å². The fourth-order valence-electron chi connectivity index (χ4n) is 3.15. The standard InChI is InChI=1S/C16H20N4O2S/c1-10-2-3-11-12(7-17)16(23-13(11)6-10)19-15(22)9-20-5-4-18-14(21)8-20/h10H,2-6,8-9H2,1H3,(H,18,21)(H,19,22)/t10-/m0/s1. The number of nitrogens with one attached hydrogen (secondary N) is 2. The van der Waals surface area contributed by atoms with Crippen molar-refractivity contribution in [2.24, 2.45) is 5.92 Å². The zero-order valence-corrected chi connectivity index (χ0v) is 14.0. The van der Waals surface area contributed by atoms with Gasteiger partial charge < -0.3 is 10.6 Å². The maximum atomic E-state index is 12.2. The average molecular weight is 332 g/mol. The summed E-state index contributed by atoms with van der Waals surface area (Å²) in [6, 6.07) is 2.25. The molecular weight excluding hydrogens is 312 g/mol. The zero-order chi connectivity index (χ0) is 16.4. The number of carbonyl (C=O) groups excluding carboxylic acids is 2. The number of fused-ring (bicyclic) bond motifs is 1. The fourth-order valence-corrected chi connectivity index (χ4v) is 4.53. The summed E-state index contributed by atoms with van der Waals surface area (Å²) >= 11 is 1.53. The van der Waals surface area contributed by atoms with Crippen LogP contribution in [0.15, 0.2) is 0 Å². The SMILES string of the molecule is C[C@H]1CCc2c(sc(NC(=O)CN3CCNC(=O)C3)c2C#N)C1. The largest absolute Gasteiger partial charge is 0.354 e. The van der Waals surface area contributed by atoms with Crippen LogP contribution in [-0.2, 0) is 22.4 Å². The monoisotopic (exact) mass is 332 g/mol. The molecule has 2 amide bonds. The summed E-state index contributed by atoms with van der Waals surface area (Å²) in [5.41, 5.74) is 1.74. The van der Waals surface area contributed by atoms with E-state index in [0.717, 1.165) is 24.8 Å². The van der Waals surface area contributed by atoms with E-state index in [1.165, 1.54) is 16.2 Å². The molecule has 1 aromatic heterocycles. The van der Waals surface area contributed by atoms with Gasteiger partial charge in [-0.1, -0.05) is 6.92 Å². The number of nitriles is 1. The predicted molar refractivity (Wildman–Crippen MR) is 88.3 cm³/mol. The van der Waals surface area contributed by atoms with Crippen LogP contribution in [-0.4, -0.2) is 42.9 Å². The molecule has 6 nitrogen and oxygen atoms in total. The van der Waals surface area contributed by atoms with Crippen molar-refractivity contribution < 1.29 is 9.59 Å². The molecule has 0 aromatic carbocycles.